The van der Waals surface area contributed by atoms with E-state index < -0.39 is 0 Å². The van der Waals surface area contributed by atoms with Gasteiger partial charge in [-0.1, -0.05) is 58.4 Å². The monoisotopic (exact) mass is 510 g/mol. The van der Waals surface area contributed by atoms with Gasteiger partial charge in [0.1, 0.15) is 11.6 Å². The lowest BCUT2D eigenvalue weighted by Gasteiger charge is -2.24. The fourth-order valence-corrected chi connectivity index (χ4v) is 3.82. The second-order valence-electron chi connectivity index (χ2n) is 10.3. The Morgan fingerprint density at radius 2 is 1.72 bits per heavy atom. The molecule has 0 fully saturated rings. The van der Waals surface area contributed by atoms with Crippen LogP contribution >= 0.6 is 11.6 Å². The normalized spacial score (nSPS) is 11.4. The first-order valence-corrected chi connectivity index (χ1v) is 12.4. The predicted molar refractivity (Wildman–Crippen MR) is 144 cm³/mol. The van der Waals surface area contributed by atoms with Gasteiger partial charge in [-0.05, 0) is 47.9 Å². The summed E-state index contributed by atoms with van der Waals surface area (Å²) in [6.07, 6.45) is 0.209. The minimum absolute atomic E-state index is 0.0518. The highest BCUT2D eigenvalue weighted by Crippen LogP contribution is 2.27. The highest BCUT2D eigenvalue weighted by Gasteiger charge is 2.23. The van der Waals surface area contributed by atoms with E-state index in [1.165, 1.54) is 0 Å². The van der Waals surface area contributed by atoms with Crippen LogP contribution in [0.3, 0.4) is 0 Å². The highest BCUT2D eigenvalue weighted by atomic mass is 35.5. The van der Waals surface area contributed by atoms with Crippen LogP contribution in [0.15, 0.2) is 54.6 Å². The SMILES string of the molecule is COc1ccc(CC(=O)N(CC(=O)Nc2cc(C(C)(C)C)nn2-c2ccc(Cl)cc2)CC(C)C)cc1. The molecule has 192 valence electrons. The van der Waals surface area contributed by atoms with Gasteiger partial charge in [-0.25, -0.2) is 4.68 Å². The van der Waals surface area contributed by atoms with Crippen molar-refractivity contribution in [3.05, 3.63) is 70.9 Å². The van der Waals surface area contributed by atoms with Crippen molar-refractivity contribution in [2.75, 3.05) is 25.5 Å². The summed E-state index contributed by atoms with van der Waals surface area (Å²) in [6, 6.07) is 16.5. The zero-order chi connectivity index (χ0) is 26.5. The molecule has 2 amide bonds. The van der Waals surface area contributed by atoms with E-state index in [4.69, 9.17) is 21.4 Å². The average molecular weight is 511 g/mol. The molecule has 3 rings (SSSR count). The molecule has 36 heavy (non-hydrogen) atoms. The average Bonchev–Trinajstić information content (AvgIpc) is 3.23. The Labute approximate surface area is 218 Å². The molecule has 0 aliphatic heterocycles. The van der Waals surface area contributed by atoms with Crippen LogP contribution in [0.1, 0.15) is 45.9 Å². The lowest BCUT2D eigenvalue weighted by atomic mass is 9.92. The lowest BCUT2D eigenvalue weighted by Crippen LogP contribution is -2.41. The quantitative estimate of drug-likeness (QED) is 0.412. The van der Waals surface area contributed by atoms with Gasteiger partial charge < -0.3 is 15.0 Å². The van der Waals surface area contributed by atoms with Crippen LogP contribution in [0, 0.1) is 5.92 Å². The Hall–Kier alpha value is -3.32. The summed E-state index contributed by atoms with van der Waals surface area (Å²) in [5, 5.41) is 8.32. The molecule has 1 N–H and O–H groups in total. The van der Waals surface area contributed by atoms with Crippen LogP contribution in [0.25, 0.3) is 5.69 Å². The van der Waals surface area contributed by atoms with Crippen molar-refractivity contribution in [3.8, 4) is 11.4 Å². The fourth-order valence-electron chi connectivity index (χ4n) is 3.70. The van der Waals surface area contributed by atoms with Crippen molar-refractivity contribution in [1.82, 2.24) is 14.7 Å². The number of ether oxygens (including phenoxy) is 1. The van der Waals surface area contributed by atoms with Crippen LogP contribution in [0.4, 0.5) is 5.82 Å². The van der Waals surface area contributed by atoms with Gasteiger partial charge in [0.15, 0.2) is 0 Å². The first kappa shape index (κ1) is 27.3. The molecule has 1 heterocycles. The molecule has 0 unspecified atom stereocenters. The minimum Gasteiger partial charge on any atom is -0.497 e. The zero-order valence-electron chi connectivity index (χ0n) is 21.8. The van der Waals surface area contributed by atoms with Crippen LogP contribution in [-0.2, 0) is 21.4 Å². The smallest absolute Gasteiger partial charge is 0.245 e. The van der Waals surface area contributed by atoms with E-state index in [1.54, 1.807) is 28.8 Å². The number of nitrogens with zero attached hydrogens (tertiary/aromatic N) is 3. The molecule has 3 aromatic rings. The van der Waals surface area contributed by atoms with E-state index in [2.05, 4.69) is 26.1 Å². The zero-order valence-corrected chi connectivity index (χ0v) is 22.6. The fraction of sp³-hybridized carbons (Fsp3) is 0.393. The summed E-state index contributed by atoms with van der Waals surface area (Å²) >= 11 is 6.06. The number of hydrogen-bond donors (Lipinski definition) is 1. The number of carbonyl (C=O) groups is 2. The van der Waals surface area contributed by atoms with Crippen molar-refractivity contribution < 1.29 is 14.3 Å². The second kappa shape index (κ2) is 11.6. The van der Waals surface area contributed by atoms with Crippen molar-refractivity contribution >= 4 is 29.2 Å². The summed E-state index contributed by atoms with van der Waals surface area (Å²) in [7, 11) is 1.60. The molecule has 0 saturated carbocycles. The molecule has 7 nitrogen and oxygen atoms in total. The number of aromatic nitrogens is 2. The maximum Gasteiger partial charge on any atom is 0.245 e. The molecule has 0 aliphatic carbocycles. The lowest BCUT2D eigenvalue weighted by molar-refractivity contribution is -0.134. The number of anilines is 1. The first-order valence-electron chi connectivity index (χ1n) is 12.0. The summed E-state index contributed by atoms with van der Waals surface area (Å²) in [5.74, 6) is 1.10. The number of methoxy groups -OCH3 is 1. The number of hydrogen-bond acceptors (Lipinski definition) is 4. The van der Waals surface area contributed by atoms with Gasteiger partial charge in [-0.3, -0.25) is 9.59 Å². The number of rotatable bonds is 9. The van der Waals surface area contributed by atoms with Crippen molar-refractivity contribution in [3.63, 3.8) is 0 Å². The van der Waals surface area contributed by atoms with Gasteiger partial charge in [-0.15, -0.1) is 0 Å². The van der Waals surface area contributed by atoms with Gasteiger partial charge in [-0.2, -0.15) is 5.10 Å². The first-order chi connectivity index (χ1) is 17.0. The number of nitrogens with one attached hydrogen (secondary N) is 1. The van der Waals surface area contributed by atoms with Gasteiger partial charge in [0.05, 0.1) is 31.5 Å². The van der Waals surface area contributed by atoms with E-state index in [-0.39, 0.29) is 36.1 Å². The van der Waals surface area contributed by atoms with E-state index in [0.29, 0.717) is 17.4 Å². The minimum atomic E-state index is -0.283. The number of amides is 2. The summed E-state index contributed by atoms with van der Waals surface area (Å²) in [5.41, 5.74) is 2.27. The number of halogens is 1. The molecule has 2 aromatic carbocycles. The molecular weight excluding hydrogens is 476 g/mol. The molecular formula is C28H35ClN4O3. The summed E-state index contributed by atoms with van der Waals surface area (Å²) < 4.78 is 6.89. The molecule has 0 bridgehead atoms. The Morgan fingerprint density at radius 3 is 2.28 bits per heavy atom. The van der Waals surface area contributed by atoms with Gasteiger partial charge >= 0.3 is 0 Å². The molecule has 0 saturated heterocycles. The molecule has 0 aliphatic rings. The van der Waals surface area contributed by atoms with Gasteiger partial charge in [0, 0.05) is 23.0 Å². The predicted octanol–water partition coefficient (Wildman–Crippen LogP) is 5.50. The van der Waals surface area contributed by atoms with E-state index in [1.807, 2.05) is 56.3 Å². The number of carbonyl (C=O) groups excluding carboxylic acids is 2. The van der Waals surface area contributed by atoms with Crippen LogP contribution in [0.5, 0.6) is 5.75 Å². The summed E-state index contributed by atoms with van der Waals surface area (Å²) in [6.45, 7) is 10.7. The van der Waals surface area contributed by atoms with Crippen LogP contribution in [0.2, 0.25) is 5.02 Å². The van der Waals surface area contributed by atoms with Crippen molar-refractivity contribution in [2.45, 2.75) is 46.5 Å². The Balaban J connectivity index is 1.79. The number of benzene rings is 2. The molecule has 0 radical (unpaired) electrons. The molecule has 0 atom stereocenters. The maximum atomic E-state index is 13.2. The third-order valence-electron chi connectivity index (χ3n) is 5.60. The topological polar surface area (TPSA) is 76.5 Å². The Morgan fingerprint density at radius 1 is 1.08 bits per heavy atom. The van der Waals surface area contributed by atoms with Crippen LogP contribution < -0.4 is 10.1 Å². The van der Waals surface area contributed by atoms with E-state index in [9.17, 15) is 9.59 Å². The standard InChI is InChI=1S/C28H35ClN4O3/c1-19(2)17-32(27(35)15-20-7-13-23(36-6)14-8-20)18-26(34)30-25-16-24(28(3,4)5)31-33(25)22-11-9-21(29)10-12-22/h7-14,16,19H,15,17-18H2,1-6H3,(H,30,34). The highest BCUT2D eigenvalue weighted by molar-refractivity contribution is 6.30. The van der Waals surface area contributed by atoms with Gasteiger partial charge in [0.2, 0.25) is 11.8 Å². The third kappa shape index (κ3) is 7.34. The molecule has 0 spiro atoms. The Kier molecular flexibility index (Phi) is 8.79. The van der Waals surface area contributed by atoms with Crippen molar-refractivity contribution in [1.29, 1.82) is 0 Å². The van der Waals surface area contributed by atoms with Gasteiger partial charge in [0.25, 0.3) is 0 Å². The summed E-state index contributed by atoms with van der Waals surface area (Å²) in [4.78, 5) is 27.9. The second-order valence-corrected chi connectivity index (χ2v) is 10.7. The molecule has 8 heteroatoms. The van der Waals surface area contributed by atoms with Crippen LogP contribution in [-0.4, -0.2) is 46.7 Å². The van der Waals surface area contributed by atoms with Crippen molar-refractivity contribution in [2.24, 2.45) is 5.92 Å². The largest absolute Gasteiger partial charge is 0.497 e. The van der Waals surface area contributed by atoms with E-state index >= 15 is 0 Å². The molecule has 1 aromatic heterocycles. The maximum absolute atomic E-state index is 13.2. The van der Waals surface area contributed by atoms with E-state index in [0.717, 1.165) is 22.7 Å². The third-order valence-corrected chi connectivity index (χ3v) is 5.86. The Bertz CT molecular complexity index is 1180.